The van der Waals surface area contributed by atoms with Crippen LogP contribution in [0.25, 0.3) is 11.5 Å². The summed E-state index contributed by atoms with van der Waals surface area (Å²) in [4.78, 5) is 16.0. The van der Waals surface area contributed by atoms with E-state index in [0.29, 0.717) is 18.8 Å². The predicted molar refractivity (Wildman–Crippen MR) is 153 cm³/mol. The molecule has 0 fully saturated rings. The van der Waals surface area contributed by atoms with Crippen molar-refractivity contribution in [2.75, 3.05) is 11.9 Å². The molecular weight excluding hydrogens is 486 g/mol. The smallest absolute Gasteiger partial charge is 0.322 e. The molecule has 0 radical (unpaired) electrons. The number of benzene rings is 3. The molecule has 3 heterocycles. The fourth-order valence-electron chi connectivity index (χ4n) is 5.25. The highest BCUT2D eigenvalue weighted by atomic mass is 16.5. The second-order valence-electron chi connectivity index (χ2n) is 9.77. The summed E-state index contributed by atoms with van der Waals surface area (Å²) in [5.74, 6) is 1.72. The summed E-state index contributed by atoms with van der Waals surface area (Å²) in [6.45, 7) is 7.03. The molecule has 39 heavy (non-hydrogen) atoms. The number of para-hydroxylation sites is 1. The molecule has 1 unspecified atom stereocenters. The molecule has 1 aliphatic heterocycles. The second kappa shape index (κ2) is 10.2. The van der Waals surface area contributed by atoms with Crippen LogP contribution in [0.4, 0.5) is 10.5 Å². The van der Waals surface area contributed by atoms with E-state index < -0.39 is 0 Å². The van der Waals surface area contributed by atoms with Gasteiger partial charge in [0.1, 0.15) is 11.6 Å². The quantitative estimate of drug-likeness (QED) is 0.278. The van der Waals surface area contributed by atoms with E-state index >= 15 is 0 Å². The lowest BCUT2D eigenvalue weighted by Gasteiger charge is -2.31. The summed E-state index contributed by atoms with van der Waals surface area (Å²) < 4.78 is 9.73. The average Bonchev–Trinajstić information content (AvgIpc) is 3.51. The first kappa shape index (κ1) is 24.6. The summed E-state index contributed by atoms with van der Waals surface area (Å²) in [5.41, 5.74) is 6.79. The van der Waals surface area contributed by atoms with Crippen LogP contribution in [0.3, 0.4) is 0 Å². The molecule has 0 aliphatic carbocycles. The minimum atomic E-state index is -0.306. The number of hydrogen-bond donors (Lipinski definition) is 1. The molecule has 3 aromatic carbocycles. The first-order chi connectivity index (χ1) is 19.0. The van der Waals surface area contributed by atoms with E-state index in [4.69, 9.17) is 9.84 Å². The van der Waals surface area contributed by atoms with Crippen LogP contribution in [0.15, 0.2) is 97.2 Å². The SMILES string of the molecule is CCOc1ccc(NC(=O)N2Cc3c(C)nn(-c4ccccc4)c3-n3cccc3C2c2ccc(C)cc2)cc1. The maximum absolute atomic E-state index is 14.1. The van der Waals surface area contributed by atoms with E-state index in [2.05, 4.69) is 65.5 Å². The Morgan fingerprint density at radius 1 is 0.949 bits per heavy atom. The van der Waals surface area contributed by atoms with Gasteiger partial charge in [-0.25, -0.2) is 9.48 Å². The largest absolute Gasteiger partial charge is 0.494 e. The van der Waals surface area contributed by atoms with Crippen molar-refractivity contribution in [2.45, 2.75) is 33.4 Å². The molecule has 0 bridgehead atoms. The van der Waals surface area contributed by atoms with Gasteiger partial charge in [0, 0.05) is 17.4 Å². The number of aromatic nitrogens is 3. The van der Waals surface area contributed by atoms with Gasteiger partial charge >= 0.3 is 6.03 Å². The molecule has 6 rings (SSSR count). The van der Waals surface area contributed by atoms with Gasteiger partial charge in [0.05, 0.1) is 36.3 Å². The number of fused-ring (bicyclic) bond motifs is 3. The highest BCUT2D eigenvalue weighted by Gasteiger charge is 2.36. The molecule has 0 spiro atoms. The number of nitrogens with zero attached hydrogens (tertiary/aromatic N) is 4. The standard InChI is InChI=1S/C32H31N5O2/c1-4-39-27-18-16-25(17-19-27)33-32(38)36-21-28-23(3)34-37(26-9-6-5-7-10-26)31(28)35-20-8-11-29(35)30(36)24-14-12-22(2)13-15-24/h5-20,30H,4,21H2,1-3H3,(H,33,38). The molecule has 1 atom stereocenters. The van der Waals surface area contributed by atoms with Crippen molar-refractivity contribution in [3.8, 4) is 17.3 Å². The first-order valence-corrected chi connectivity index (χ1v) is 13.2. The van der Waals surface area contributed by atoms with Gasteiger partial charge in [-0.15, -0.1) is 0 Å². The van der Waals surface area contributed by atoms with E-state index in [1.54, 1.807) is 0 Å². The lowest BCUT2D eigenvalue weighted by Crippen LogP contribution is -2.38. The summed E-state index contributed by atoms with van der Waals surface area (Å²) in [7, 11) is 0. The normalized spacial score (nSPS) is 14.3. The van der Waals surface area contributed by atoms with Crippen LogP contribution >= 0.6 is 0 Å². The molecule has 0 saturated heterocycles. The van der Waals surface area contributed by atoms with Crippen molar-refractivity contribution in [1.82, 2.24) is 19.2 Å². The zero-order valence-corrected chi connectivity index (χ0v) is 22.3. The Bertz CT molecular complexity index is 1600. The Kier molecular flexibility index (Phi) is 6.40. The van der Waals surface area contributed by atoms with Gasteiger partial charge in [-0.1, -0.05) is 48.0 Å². The summed E-state index contributed by atoms with van der Waals surface area (Å²) in [6.07, 6.45) is 2.06. The number of aryl methyl sites for hydroxylation is 2. The molecule has 2 aromatic heterocycles. The van der Waals surface area contributed by atoms with Crippen molar-refractivity contribution >= 4 is 11.7 Å². The number of carbonyl (C=O) groups excluding carboxylic acids is 1. The molecular formula is C32H31N5O2. The number of hydrogen-bond acceptors (Lipinski definition) is 3. The third-order valence-electron chi connectivity index (χ3n) is 7.16. The van der Waals surface area contributed by atoms with Gasteiger partial charge in [-0.3, -0.25) is 0 Å². The number of anilines is 1. The first-order valence-electron chi connectivity index (χ1n) is 13.2. The van der Waals surface area contributed by atoms with Gasteiger partial charge in [-0.2, -0.15) is 5.10 Å². The molecule has 0 saturated carbocycles. The highest BCUT2D eigenvalue weighted by molar-refractivity contribution is 5.90. The molecule has 5 aromatic rings. The van der Waals surface area contributed by atoms with Crippen LogP contribution in [-0.4, -0.2) is 31.9 Å². The topological polar surface area (TPSA) is 64.3 Å². The minimum Gasteiger partial charge on any atom is -0.494 e. The maximum Gasteiger partial charge on any atom is 0.322 e. The van der Waals surface area contributed by atoms with Gasteiger partial charge in [0.15, 0.2) is 0 Å². The van der Waals surface area contributed by atoms with E-state index in [9.17, 15) is 4.79 Å². The third kappa shape index (κ3) is 4.56. The highest BCUT2D eigenvalue weighted by Crippen LogP contribution is 2.38. The third-order valence-corrected chi connectivity index (χ3v) is 7.16. The van der Waals surface area contributed by atoms with Crippen LogP contribution in [0, 0.1) is 13.8 Å². The van der Waals surface area contributed by atoms with E-state index in [1.165, 1.54) is 5.56 Å². The number of ether oxygens (including phenoxy) is 1. The number of amides is 2. The molecule has 196 valence electrons. The predicted octanol–water partition coefficient (Wildman–Crippen LogP) is 6.82. The second-order valence-corrected chi connectivity index (χ2v) is 9.77. The Labute approximate surface area is 228 Å². The molecule has 7 nitrogen and oxygen atoms in total. The van der Waals surface area contributed by atoms with Crippen molar-refractivity contribution in [3.63, 3.8) is 0 Å². The zero-order valence-electron chi connectivity index (χ0n) is 22.3. The lowest BCUT2D eigenvalue weighted by atomic mass is 10.0. The van der Waals surface area contributed by atoms with Crippen molar-refractivity contribution in [1.29, 1.82) is 0 Å². The van der Waals surface area contributed by atoms with Crippen LogP contribution in [0.2, 0.25) is 0 Å². The Morgan fingerprint density at radius 3 is 2.41 bits per heavy atom. The Morgan fingerprint density at radius 2 is 1.69 bits per heavy atom. The van der Waals surface area contributed by atoms with E-state index in [0.717, 1.165) is 39.8 Å². The summed E-state index contributed by atoms with van der Waals surface area (Å²) >= 11 is 0. The molecule has 1 aliphatic rings. The fraction of sp³-hybridized carbons (Fsp3) is 0.188. The van der Waals surface area contributed by atoms with Gasteiger partial charge < -0.3 is 19.5 Å². The van der Waals surface area contributed by atoms with Crippen LogP contribution < -0.4 is 10.1 Å². The number of rotatable bonds is 5. The lowest BCUT2D eigenvalue weighted by molar-refractivity contribution is 0.194. The maximum atomic E-state index is 14.1. The van der Waals surface area contributed by atoms with Gasteiger partial charge in [0.2, 0.25) is 0 Å². The zero-order chi connectivity index (χ0) is 26.9. The average molecular weight is 518 g/mol. The number of carbonyl (C=O) groups is 1. The van der Waals surface area contributed by atoms with Crippen molar-refractivity contribution < 1.29 is 9.53 Å². The van der Waals surface area contributed by atoms with Gasteiger partial charge in [0.25, 0.3) is 0 Å². The fourth-order valence-corrected chi connectivity index (χ4v) is 5.25. The summed E-state index contributed by atoms with van der Waals surface area (Å²) in [6, 6.07) is 29.7. The molecule has 1 N–H and O–H groups in total. The molecule has 7 heteroatoms. The minimum absolute atomic E-state index is 0.183. The monoisotopic (exact) mass is 517 g/mol. The number of urea groups is 1. The summed E-state index contributed by atoms with van der Waals surface area (Å²) in [5, 5.41) is 8.05. The van der Waals surface area contributed by atoms with Crippen LogP contribution in [-0.2, 0) is 6.54 Å². The Balaban J connectivity index is 1.48. The van der Waals surface area contributed by atoms with Crippen molar-refractivity contribution in [3.05, 3.63) is 125 Å². The van der Waals surface area contributed by atoms with Crippen LogP contribution in [0.5, 0.6) is 5.75 Å². The number of nitrogens with one attached hydrogen (secondary N) is 1. The molecule has 2 amide bonds. The van der Waals surface area contributed by atoms with Crippen molar-refractivity contribution in [2.24, 2.45) is 0 Å². The Hall–Kier alpha value is -4.78. The van der Waals surface area contributed by atoms with E-state index in [1.807, 2.05) is 72.0 Å². The van der Waals surface area contributed by atoms with Gasteiger partial charge in [-0.05, 0) is 74.9 Å². The van der Waals surface area contributed by atoms with E-state index in [-0.39, 0.29) is 12.1 Å². The van der Waals surface area contributed by atoms with Crippen LogP contribution in [0.1, 0.15) is 41.0 Å².